The zero-order valence-electron chi connectivity index (χ0n) is 16.4. The van der Waals surface area contributed by atoms with Crippen LogP contribution in [0.5, 0.6) is 0 Å². The molecule has 1 aliphatic rings. The van der Waals surface area contributed by atoms with Gasteiger partial charge < -0.3 is 10.2 Å². The van der Waals surface area contributed by atoms with Gasteiger partial charge in [-0.25, -0.2) is 4.79 Å². The highest BCUT2D eigenvalue weighted by molar-refractivity contribution is 6.09. The van der Waals surface area contributed by atoms with Gasteiger partial charge in [-0.3, -0.25) is 14.5 Å². The maximum Gasteiger partial charge on any atom is 0.325 e. The van der Waals surface area contributed by atoms with Gasteiger partial charge >= 0.3 is 6.03 Å². The first-order valence-electron chi connectivity index (χ1n) is 9.35. The van der Waals surface area contributed by atoms with E-state index in [1.807, 2.05) is 43.3 Å². The summed E-state index contributed by atoms with van der Waals surface area (Å²) in [5, 5.41) is 11.6. The lowest BCUT2D eigenvalue weighted by Gasteiger charge is -2.24. The average Bonchev–Trinajstić information content (AvgIpc) is 2.96. The van der Waals surface area contributed by atoms with Crippen LogP contribution >= 0.6 is 0 Å². The van der Waals surface area contributed by atoms with Crippen LogP contribution in [-0.2, 0) is 21.7 Å². The third kappa shape index (κ3) is 3.97. The van der Waals surface area contributed by atoms with E-state index in [-0.39, 0.29) is 12.5 Å². The molecule has 0 bridgehead atoms. The molecule has 1 unspecified atom stereocenters. The van der Waals surface area contributed by atoms with E-state index in [4.69, 9.17) is 5.26 Å². The van der Waals surface area contributed by atoms with Crippen molar-refractivity contribution in [2.45, 2.75) is 25.9 Å². The standard InChI is InChI=1S/C22H22N4O3/c1-3-25(14-17-7-5-4-6-8-17)19(27)15-26-20(28)22(2,24-21(26)29)18-11-9-16(13-23)10-12-18/h4-12H,3,14-15H2,1-2H3,(H,24,29). The third-order valence-electron chi connectivity index (χ3n) is 5.11. The minimum absolute atomic E-state index is 0.302. The van der Waals surface area contributed by atoms with E-state index in [1.165, 1.54) is 0 Å². The number of imide groups is 1. The average molecular weight is 390 g/mol. The highest BCUT2D eigenvalue weighted by Gasteiger charge is 2.49. The zero-order chi connectivity index (χ0) is 21.0. The summed E-state index contributed by atoms with van der Waals surface area (Å²) in [4.78, 5) is 40.8. The Balaban J connectivity index is 1.75. The summed E-state index contributed by atoms with van der Waals surface area (Å²) >= 11 is 0. The number of hydrogen-bond acceptors (Lipinski definition) is 4. The molecule has 2 aromatic rings. The molecule has 29 heavy (non-hydrogen) atoms. The molecule has 3 rings (SSSR count). The highest BCUT2D eigenvalue weighted by atomic mass is 16.2. The molecule has 0 spiro atoms. The minimum Gasteiger partial charge on any atom is -0.337 e. The number of rotatable bonds is 6. The predicted octanol–water partition coefficient (Wildman–Crippen LogP) is 2.37. The van der Waals surface area contributed by atoms with E-state index in [1.54, 1.807) is 36.1 Å². The second-order valence-corrected chi connectivity index (χ2v) is 7.03. The first-order chi connectivity index (χ1) is 13.9. The number of nitrogens with one attached hydrogen (secondary N) is 1. The summed E-state index contributed by atoms with van der Waals surface area (Å²) in [6.45, 7) is 4.00. The van der Waals surface area contributed by atoms with Gasteiger partial charge in [-0.1, -0.05) is 42.5 Å². The normalized spacial score (nSPS) is 18.3. The minimum atomic E-state index is -1.28. The molecule has 2 aromatic carbocycles. The van der Waals surface area contributed by atoms with Crippen LogP contribution in [0.15, 0.2) is 54.6 Å². The number of urea groups is 1. The van der Waals surface area contributed by atoms with Crippen molar-refractivity contribution in [3.05, 3.63) is 71.3 Å². The van der Waals surface area contributed by atoms with Crippen molar-refractivity contribution in [2.24, 2.45) is 0 Å². The van der Waals surface area contributed by atoms with E-state index >= 15 is 0 Å². The monoisotopic (exact) mass is 390 g/mol. The van der Waals surface area contributed by atoms with Gasteiger partial charge in [0.15, 0.2) is 0 Å². The summed E-state index contributed by atoms with van der Waals surface area (Å²) < 4.78 is 0. The van der Waals surface area contributed by atoms with Gasteiger partial charge in [0.05, 0.1) is 11.6 Å². The number of benzene rings is 2. The summed E-state index contributed by atoms with van der Waals surface area (Å²) in [7, 11) is 0. The molecule has 7 nitrogen and oxygen atoms in total. The fourth-order valence-electron chi connectivity index (χ4n) is 3.33. The Labute approximate surface area is 169 Å². The van der Waals surface area contributed by atoms with E-state index in [0.717, 1.165) is 10.5 Å². The van der Waals surface area contributed by atoms with Gasteiger partial charge in [0.25, 0.3) is 5.91 Å². The Morgan fingerprint density at radius 3 is 2.38 bits per heavy atom. The molecule has 0 aromatic heterocycles. The van der Waals surface area contributed by atoms with Crippen LogP contribution < -0.4 is 5.32 Å². The second-order valence-electron chi connectivity index (χ2n) is 7.03. The summed E-state index contributed by atoms with van der Waals surface area (Å²) in [6, 6.07) is 17.4. The Hall–Kier alpha value is -3.66. The molecular formula is C22H22N4O3. The number of amides is 4. The SMILES string of the molecule is CCN(Cc1ccccc1)C(=O)CN1C(=O)NC(C)(c2ccc(C#N)cc2)C1=O. The fraction of sp³-hybridized carbons (Fsp3) is 0.273. The van der Waals surface area contributed by atoms with Gasteiger partial charge in [0.2, 0.25) is 5.91 Å². The molecule has 4 amide bonds. The molecule has 1 atom stereocenters. The van der Waals surface area contributed by atoms with Gasteiger partial charge in [0, 0.05) is 13.1 Å². The molecule has 1 heterocycles. The molecule has 1 N–H and O–H groups in total. The number of nitriles is 1. The van der Waals surface area contributed by atoms with Crippen molar-refractivity contribution in [1.29, 1.82) is 5.26 Å². The number of carbonyl (C=O) groups excluding carboxylic acids is 3. The maximum atomic E-state index is 13.0. The van der Waals surface area contributed by atoms with Crippen molar-refractivity contribution in [2.75, 3.05) is 13.1 Å². The van der Waals surface area contributed by atoms with Crippen LogP contribution in [0.4, 0.5) is 4.79 Å². The smallest absolute Gasteiger partial charge is 0.325 e. The summed E-state index contributed by atoms with van der Waals surface area (Å²) in [6.07, 6.45) is 0. The van der Waals surface area contributed by atoms with Crippen molar-refractivity contribution in [3.63, 3.8) is 0 Å². The number of carbonyl (C=O) groups is 3. The molecule has 0 aliphatic carbocycles. The van der Waals surface area contributed by atoms with E-state index in [9.17, 15) is 14.4 Å². The van der Waals surface area contributed by atoms with Crippen molar-refractivity contribution >= 4 is 17.8 Å². The molecule has 148 valence electrons. The Bertz CT molecular complexity index is 966. The Kier molecular flexibility index (Phi) is 5.64. The molecule has 1 saturated heterocycles. The lowest BCUT2D eigenvalue weighted by molar-refractivity contribution is -0.139. The van der Waals surface area contributed by atoms with Crippen molar-refractivity contribution < 1.29 is 14.4 Å². The maximum absolute atomic E-state index is 13.0. The van der Waals surface area contributed by atoms with Crippen LogP contribution in [-0.4, -0.2) is 40.7 Å². The molecule has 7 heteroatoms. The largest absolute Gasteiger partial charge is 0.337 e. The van der Waals surface area contributed by atoms with E-state index < -0.39 is 17.5 Å². The van der Waals surface area contributed by atoms with Gasteiger partial charge in [0.1, 0.15) is 12.1 Å². The van der Waals surface area contributed by atoms with Gasteiger partial charge in [-0.15, -0.1) is 0 Å². The van der Waals surface area contributed by atoms with Gasteiger partial charge in [-0.05, 0) is 37.1 Å². The van der Waals surface area contributed by atoms with E-state index in [0.29, 0.717) is 24.2 Å². The van der Waals surface area contributed by atoms with Crippen molar-refractivity contribution in [1.82, 2.24) is 15.1 Å². The quantitative estimate of drug-likeness (QED) is 0.767. The van der Waals surface area contributed by atoms with Crippen molar-refractivity contribution in [3.8, 4) is 6.07 Å². The van der Waals surface area contributed by atoms with Gasteiger partial charge in [-0.2, -0.15) is 5.26 Å². The van der Waals surface area contributed by atoms with Crippen LogP contribution in [0.3, 0.4) is 0 Å². The molecular weight excluding hydrogens is 368 g/mol. The first-order valence-corrected chi connectivity index (χ1v) is 9.35. The van der Waals surface area contributed by atoms with Crippen LogP contribution in [0.2, 0.25) is 0 Å². The van der Waals surface area contributed by atoms with Crippen LogP contribution in [0.25, 0.3) is 0 Å². The molecule has 1 fully saturated rings. The van der Waals surface area contributed by atoms with Crippen LogP contribution in [0, 0.1) is 11.3 Å². The number of nitrogens with zero attached hydrogens (tertiary/aromatic N) is 3. The molecule has 0 radical (unpaired) electrons. The lowest BCUT2D eigenvalue weighted by Crippen LogP contribution is -2.44. The molecule has 0 saturated carbocycles. The highest BCUT2D eigenvalue weighted by Crippen LogP contribution is 2.29. The number of likely N-dealkylation sites (N-methyl/N-ethyl adjacent to an activating group) is 1. The first kappa shape index (κ1) is 20.1. The summed E-state index contributed by atoms with van der Waals surface area (Å²) in [5.41, 5.74) is 0.714. The zero-order valence-corrected chi connectivity index (χ0v) is 16.4. The topological polar surface area (TPSA) is 93.5 Å². The third-order valence-corrected chi connectivity index (χ3v) is 5.11. The fourth-order valence-corrected chi connectivity index (χ4v) is 3.33. The van der Waals surface area contributed by atoms with E-state index in [2.05, 4.69) is 5.32 Å². The lowest BCUT2D eigenvalue weighted by atomic mass is 9.91. The second kappa shape index (κ2) is 8.15. The Morgan fingerprint density at radius 1 is 1.14 bits per heavy atom. The molecule has 1 aliphatic heterocycles. The number of hydrogen-bond donors (Lipinski definition) is 1. The van der Waals surface area contributed by atoms with Crippen LogP contribution in [0.1, 0.15) is 30.5 Å². The Morgan fingerprint density at radius 2 is 1.79 bits per heavy atom. The predicted molar refractivity (Wildman–Crippen MR) is 106 cm³/mol. The summed E-state index contributed by atoms with van der Waals surface area (Å²) in [5.74, 6) is -0.791.